The summed E-state index contributed by atoms with van der Waals surface area (Å²) in [6.45, 7) is 8.62. The van der Waals surface area contributed by atoms with Gasteiger partial charge in [0, 0.05) is 22.9 Å². The van der Waals surface area contributed by atoms with Crippen molar-refractivity contribution in [3.8, 4) is 0 Å². The van der Waals surface area contributed by atoms with E-state index in [0.29, 0.717) is 0 Å². The molecular weight excluding hydrogens is 488 g/mol. The summed E-state index contributed by atoms with van der Waals surface area (Å²) in [5.41, 5.74) is 3.97. The van der Waals surface area contributed by atoms with E-state index in [1.54, 1.807) is 0 Å². The standard InChI is InChI=1S/C30H27N2S2.ClH/c1-4-31-27(33-25-16-14-21-10-6-8-12-23(21)29(25)31)18-20(3)19-28-32(5-2)30-24-13-9-7-11-22(24)15-17-26(30)34-28;/h6-19H,4-5H2,1-3H3;1H/q+1;/p-1. The number of aryl methyl sites for hydroxylation is 1. The van der Waals surface area contributed by atoms with Crippen molar-refractivity contribution in [3.05, 3.63) is 94.5 Å². The highest BCUT2D eigenvalue weighted by Crippen LogP contribution is 2.49. The van der Waals surface area contributed by atoms with Crippen molar-refractivity contribution < 1.29 is 17.0 Å². The molecule has 4 aromatic carbocycles. The molecule has 0 unspecified atom stereocenters. The Morgan fingerprint density at radius 3 is 2.31 bits per heavy atom. The number of hydrogen-bond acceptors (Lipinski definition) is 3. The van der Waals surface area contributed by atoms with Crippen LogP contribution in [-0.2, 0) is 6.54 Å². The molecule has 5 aromatic rings. The fourth-order valence-corrected chi connectivity index (χ4v) is 7.53. The Bertz CT molecular complexity index is 1630. The van der Waals surface area contributed by atoms with Crippen molar-refractivity contribution in [2.75, 3.05) is 11.4 Å². The fourth-order valence-electron chi connectivity index (χ4n) is 5.02. The van der Waals surface area contributed by atoms with Gasteiger partial charge in [0.05, 0.1) is 16.1 Å². The normalized spacial score (nSPS) is 14.8. The number of halogens is 1. The van der Waals surface area contributed by atoms with Gasteiger partial charge in [0.15, 0.2) is 0 Å². The third-order valence-electron chi connectivity index (χ3n) is 6.56. The molecule has 0 atom stereocenters. The monoisotopic (exact) mass is 514 g/mol. The van der Waals surface area contributed by atoms with Gasteiger partial charge in [-0.3, -0.25) is 0 Å². The van der Waals surface area contributed by atoms with Gasteiger partial charge >= 0.3 is 0 Å². The predicted octanol–water partition coefficient (Wildman–Crippen LogP) is 5.40. The van der Waals surface area contributed by atoms with E-state index in [1.165, 1.54) is 58.0 Å². The van der Waals surface area contributed by atoms with Crippen LogP contribution in [0.2, 0.25) is 0 Å². The van der Waals surface area contributed by atoms with Crippen molar-refractivity contribution >= 4 is 66.6 Å². The number of fused-ring (bicyclic) bond motifs is 6. The average molecular weight is 515 g/mol. The lowest BCUT2D eigenvalue weighted by atomic mass is 10.1. The Morgan fingerprint density at radius 2 is 1.57 bits per heavy atom. The van der Waals surface area contributed by atoms with Crippen molar-refractivity contribution in [1.82, 2.24) is 0 Å². The quantitative estimate of drug-likeness (QED) is 0.297. The second-order valence-electron chi connectivity index (χ2n) is 8.67. The number of nitrogens with zero attached hydrogens (tertiary/aromatic N) is 2. The number of thiazole rings is 1. The van der Waals surface area contributed by atoms with Gasteiger partial charge in [0.2, 0.25) is 5.52 Å². The van der Waals surface area contributed by atoms with Crippen molar-refractivity contribution in [2.24, 2.45) is 0 Å². The molecule has 35 heavy (non-hydrogen) atoms. The van der Waals surface area contributed by atoms with Crippen molar-refractivity contribution in [3.63, 3.8) is 0 Å². The second-order valence-corrected chi connectivity index (χ2v) is 10.8. The Hall–Kier alpha value is -2.79. The topological polar surface area (TPSA) is 7.12 Å². The smallest absolute Gasteiger partial charge is 0.263 e. The van der Waals surface area contributed by atoms with E-state index >= 15 is 0 Å². The minimum Gasteiger partial charge on any atom is -1.00 e. The van der Waals surface area contributed by atoms with E-state index in [9.17, 15) is 0 Å². The number of thioether (sulfide) groups is 1. The van der Waals surface area contributed by atoms with E-state index in [-0.39, 0.29) is 12.4 Å². The van der Waals surface area contributed by atoms with Crippen LogP contribution in [-0.4, -0.2) is 6.54 Å². The maximum absolute atomic E-state index is 2.46. The van der Waals surface area contributed by atoms with E-state index < -0.39 is 0 Å². The summed E-state index contributed by atoms with van der Waals surface area (Å²) >= 11 is 3.76. The molecule has 0 bridgehead atoms. The summed E-state index contributed by atoms with van der Waals surface area (Å²) in [6.07, 6.45) is 4.71. The summed E-state index contributed by atoms with van der Waals surface area (Å²) in [4.78, 5) is 3.81. The highest BCUT2D eigenvalue weighted by atomic mass is 35.5. The minimum atomic E-state index is 0. The van der Waals surface area contributed by atoms with Crippen LogP contribution >= 0.6 is 23.1 Å². The molecule has 5 heteroatoms. The van der Waals surface area contributed by atoms with Gasteiger partial charge in [-0.05, 0) is 61.4 Å². The van der Waals surface area contributed by atoms with Gasteiger partial charge in [0.1, 0.15) is 11.2 Å². The van der Waals surface area contributed by atoms with E-state index in [1.807, 2.05) is 23.1 Å². The maximum Gasteiger partial charge on any atom is 0.263 e. The second kappa shape index (κ2) is 9.69. The molecule has 0 radical (unpaired) electrons. The van der Waals surface area contributed by atoms with Crippen molar-refractivity contribution in [2.45, 2.75) is 32.2 Å². The van der Waals surface area contributed by atoms with E-state index in [4.69, 9.17) is 0 Å². The van der Waals surface area contributed by atoms with E-state index in [2.05, 4.69) is 115 Å². The molecule has 0 fully saturated rings. The van der Waals surface area contributed by atoms with Crippen LogP contribution in [0.4, 0.5) is 5.69 Å². The minimum absolute atomic E-state index is 0. The Balaban J connectivity index is 0.00000253. The average Bonchev–Trinajstić information content (AvgIpc) is 3.40. The molecule has 0 amide bonds. The first-order valence-electron chi connectivity index (χ1n) is 11.9. The molecule has 0 aliphatic carbocycles. The zero-order valence-corrected chi connectivity index (χ0v) is 22.5. The molecule has 1 aliphatic rings. The zero-order valence-electron chi connectivity index (χ0n) is 20.1. The maximum atomic E-state index is 2.46. The van der Waals surface area contributed by atoms with Crippen LogP contribution in [0.25, 0.3) is 37.8 Å². The van der Waals surface area contributed by atoms with Crippen LogP contribution in [0, 0.1) is 0 Å². The summed E-state index contributed by atoms with van der Waals surface area (Å²) in [7, 11) is 0. The fraction of sp³-hybridized carbons (Fsp3) is 0.167. The van der Waals surface area contributed by atoms with Crippen LogP contribution in [0.1, 0.15) is 25.8 Å². The summed E-state index contributed by atoms with van der Waals surface area (Å²) < 4.78 is 3.81. The predicted molar refractivity (Wildman–Crippen MR) is 150 cm³/mol. The Labute approximate surface area is 221 Å². The molecule has 0 saturated heterocycles. The number of anilines is 1. The van der Waals surface area contributed by atoms with E-state index in [0.717, 1.165) is 13.1 Å². The lowest BCUT2D eigenvalue weighted by Gasteiger charge is -2.19. The molecule has 0 N–H and O–H groups in total. The van der Waals surface area contributed by atoms with Gasteiger partial charge in [-0.1, -0.05) is 77.7 Å². The SMILES string of the molecule is CCN1/C(=C/C(C)=C\c2sc3ccc4ccccc4c3[n+]2CC)Sc2ccc3ccccc3c21.[Cl-]. The first-order valence-corrected chi connectivity index (χ1v) is 13.5. The molecule has 1 aliphatic heterocycles. The number of aromatic nitrogens is 1. The van der Waals surface area contributed by atoms with Gasteiger partial charge in [-0.15, -0.1) is 0 Å². The van der Waals surface area contributed by atoms with Crippen molar-refractivity contribution in [1.29, 1.82) is 0 Å². The highest BCUT2D eigenvalue weighted by Gasteiger charge is 2.26. The zero-order chi connectivity index (χ0) is 23.2. The number of hydrogen-bond donors (Lipinski definition) is 0. The largest absolute Gasteiger partial charge is 1.00 e. The molecule has 2 nitrogen and oxygen atoms in total. The molecule has 0 spiro atoms. The number of rotatable bonds is 4. The van der Waals surface area contributed by atoms with Crippen LogP contribution < -0.4 is 21.9 Å². The molecule has 0 saturated carbocycles. The number of benzene rings is 4. The summed E-state index contributed by atoms with van der Waals surface area (Å²) in [5, 5.41) is 7.87. The van der Waals surface area contributed by atoms with Gasteiger partial charge in [-0.2, -0.15) is 4.57 Å². The van der Waals surface area contributed by atoms with Crippen LogP contribution in [0.3, 0.4) is 0 Å². The van der Waals surface area contributed by atoms with Gasteiger partial charge < -0.3 is 17.3 Å². The van der Waals surface area contributed by atoms with Gasteiger partial charge in [0.25, 0.3) is 5.01 Å². The molecule has 2 heterocycles. The molecule has 176 valence electrons. The summed E-state index contributed by atoms with van der Waals surface area (Å²) in [6, 6.07) is 26.4. The lowest BCUT2D eigenvalue weighted by molar-refractivity contribution is -0.664. The van der Waals surface area contributed by atoms with Crippen LogP contribution in [0.5, 0.6) is 0 Å². The third kappa shape index (κ3) is 4.04. The number of allylic oxidation sites excluding steroid dienone is 2. The third-order valence-corrected chi connectivity index (χ3v) is 8.76. The summed E-state index contributed by atoms with van der Waals surface area (Å²) in [5.74, 6) is 0. The van der Waals surface area contributed by atoms with Crippen LogP contribution in [0.15, 0.2) is 94.4 Å². The first-order chi connectivity index (χ1) is 16.7. The highest BCUT2D eigenvalue weighted by molar-refractivity contribution is 8.03. The molecular formula is C30H27ClN2S2. The first kappa shape index (κ1) is 23.9. The lowest BCUT2D eigenvalue weighted by Crippen LogP contribution is -3.00. The molecule has 6 rings (SSSR count). The Kier molecular flexibility index (Phi) is 6.63. The Morgan fingerprint density at radius 1 is 0.886 bits per heavy atom. The molecule has 1 aromatic heterocycles. The van der Waals surface area contributed by atoms with Gasteiger partial charge in [-0.25, -0.2) is 0 Å².